The lowest BCUT2D eigenvalue weighted by Crippen LogP contribution is -2.47. The van der Waals surface area contributed by atoms with E-state index in [0.29, 0.717) is 6.04 Å². The summed E-state index contributed by atoms with van der Waals surface area (Å²) in [5.41, 5.74) is 4.11. The van der Waals surface area contributed by atoms with Gasteiger partial charge in [0, 0.05) is 44.0 Å². The molecule has 1 aliphatic heterocycles. The molecule has 1 saturated heterocycles. The fraction of sp³-hybridized carbons (Fsp3) is 0.500. The molecule has 2 heterocycles. The molecule has 1 fully saturated rings. The van der Waals surface area contributed by atoms with Gasteiger partial charge in [-0.05, 0) is 44.4 Å². The van der Waals surface area contributed by atoms with Crippen LogP contribution in [0.5, 0.6) is 0 Å². The van der Waals surface area contributed by atoms with E-state index >= 15 is 0 Å². The Kier molecular flexibility index (Phi) is 5.41. The van der Waals surface area contributed by atoms with Crippen LogP contribution in [0.15, 0.2) is 30.6 Å². The number of nitrogens with zero attached hydrogens (tertiary/aromatic N) is 4. The molecule has 0 bridgehead atoms. The maximum Gasteiger partial charge on any atom is 0.134 e. The smallest absolute Gasteiger partial charge is 0.134 e. The van der Waals surface area contributed by atoms with E-state index < -0.39 is 0 Å². The van der Waals surface area contributed by atoms with Gasteiger partial charge in [-0.2, -0.15) is 0 Å². The molecular formula is C20H29N5. The number of hydrogen-bond acceptors (Lipinski definition) is 5. The van der Waals surface area contributed by atoms with Gasteiger partial charge in [-0.3, -0.25) is 0 Å². The number of nitrogens with one attached hydrogen (secondary N) is 1. The van der Waals surface area contributed by atoms with Crippen molar-refractivity contribution in [1.29, 1.82) is 0 Å². The van der Waals surface area contributed by atoms with E-state index in [1.807, 2.05) is 0 Å². The SMILES string of the molecule is CCC(C)Nc1cc(N2CCN(c3cccc(C)c3C)CC2)ncn1. The second-order valence-electron chi connectivity index (χ2n) is 6.91. The van der Waals surface area contributed by atoms with Gasteiger partial charge >= 0.3 is 0 Å². The molecule has 1 aromatic heterocycles. The number of hydrogen-bond donors (Lipinski definition) is 1. The second-order valence-corrected chi connectivity index (χ2v) is 6.91. The van der Waals surface area contributed by atoms with Crippen molar-refractivity contribution in [2.24, 2.45) is 0 Å². The van der Waals surface area contributed by atoms with Crippen LogP contribution in [0.2, 0.25) is 0 Å². The molecule has 25 heavy (non-hydrogen) atoms. The average molecular weight is 339 g/mol. The highest BCUT2D eigenvalue weighted by atomic mass is 15.3. The van der Waals surface area contributed by atoms with Crippen LogP contribution in [0.3, 0.4) is 0 Å². The molecule has 3 rings (SSSR count). The van der Waals surface area contributed by atoms with Crippen LogP contribution in [-0.4, -0.2) is 42.2 Å². The molecule has 0 saturated carbocycles. The van der Waals surface area contributed by atoms with Crippen LogP contribution in [0.1, 0.15) is 31.4 Å². The van der Waals surface area contributed by atoms with Gasteiger partial charge in [0.1, 0.15) is 18.0 Å². The Balaban J connectivity index is 1.66. The summed E-state index contributed by atoms with van der Waals surface area (Å²) >= 11 is 0. The van der Waals surface area contributed by atoms with Crippen molar-refractivity contribution in [2.45, 2.75) is 40.2 Å². The predicted octanol–water partition coefficient (Wildman–Crippen LogP) is 3.63. The van der Waals surface area contributed by atoms with E-state index in [-0.39, 0.29) is 0 Å². The lowest BCUT2D eigenvalue weighted by Gasteiger charge is -2.37. The highest BCUT2D eigenvalue weighted by molar-refractivity contribution is 5.57. The molecule has 1 N–H and O–H groups in total. The van der Waals surface area contributed by atoms with Crippen LogP contribution in [0.4, 0.5) is 17.3 Å². The van der Waals surface area contributed by atoms with E-state index in [4.69, 9.17) is 0 Å². The van der Waals surface area contributed by atoms with Crippen molar-refractivity contribution in [2.75, 3.05) is 41.3 Å². The summed E-state index contributed by atoms with van der Waals surface area (Å²) in [5.74, 6) is 1.93. The van der Waals surface area contributed by atoms with E-state index in [1.54, 1.807) is 6.33 Å². The third kappa shape index (κ3) is 4.03. The largest absolute Gasteiger partial charge is 0.368 e. The molecule has 1 atom stereocenters. The zero-order valence-electron chi connectivity index (χ0n) is 15.8. The van der Waals surface area contributed by atoms with Gasteiger partial charge in [0.25, 0.3) is 0 Å². The highest BCUT2D eigenvalue weighted by Crippen LogP contribution is 2.25. The molecule has 1 aliphatic rings. The molecule has 0 radical (unpaired) electrons. The number of aryl methyl sites for hydroxylation is 1. The zero-order valence-corrected chi connectivity index (χ0v) is 15.8. The first-order valence-electron chi connectivity index (χ1n) is 9.23. The lowest BCUT2D eigenvalue weighted by molar-refractivity contribution is 0.645. The minimum Gasteiger partial charge on any atom is -0.368 e. The van der Waals surface area contributed by atoms with E-state index in [9.17, 15) is 0 Å². The van der Waals surface area contributed by atoms with Crippen molar-refractivity contribution < 1.29 is 0 Å². The summed E-state index contributed by atoms with van der Waals surface area (Å²) in [6.07, 6.45) is 2.74. The Hall–Kier alpha value is -2.30. The molecule has 2 aromatic rings. The molecule has 0 amide bonds. The number of aromatic nitrogens is 2. The first kappa shape index (κ1) is 17.5. The first-order chi connectivity index (χ1) is 12.1. The number of piperazine rings is 1. The Morgan fingerprint density at radius 2 is 1.80 bits per heavy atom. The van der Waals surface area contributed by atoms with Crippen LogP contribution < -0.4 is 15.1 Å². The number of benzene rings is 1. The van der Waals surface area contributed by atoms with Gasteiger partial charge in [-0.1, -0.05) is 19.1 Å². The second kappa shape index (κ2) is 7.72. The fourth-order valence-electron chi connectivity index (χ4n) is 3.21. The Morgan fingerprint density at radius 3 is 2.52 bits per heavy atom. The summed E-state index contributed by atoms with van der Waals surface area (Å²) in [6.45, 7) is 12.7. The summed E-state index contributed by atoms with van der Waals surface area (Å²) < 4.78 is 0. The third-order valence-electron chi connectivity index (χ3n) is 5.18. The first-order valence-corrected chi connectivity index (χ1v) is 9.23. The summed E-state index contributed by atoms with van der Waals surface area (Å²) in [7, 11) is 0. The van der Waals surface area contributed by atoms with E-state index in [0.717, 1.165) is 44.2 Å². The molecule has 0 spiro atoms. The van der Waals surface area contributed by atoms with Crippen molar-refractivity contribution in [3.8, 4) is 0 Å². The van der Waals surface area contributed by atoms with Gasteiger partial charge in [-0.15, -0.1) is 0 Å². The van der Waals surface area contributed by atoms with Crippen molar-refractivity contribution >= 4 is 17.3 Å². The molecule has 5 nitrogen and oxygen atoms in total. The van der Waals surface area contributed by atoms with Gasteiger partial charge in [0.2, 0.25) is 0 Å². The van der Waals surface area contributed by atoms with Crippen molar-refractivity contribution in [3.05, 3.63) is 41.7 Å². The average Bonchev–Trinajstić information content (AvgIpc) is 2.64. The van der Waals surface area contributed by atoms with Crippen LogP contribution in [0, 0.1) is 13.8 Å². The van der Waals surface area contributed by atoms with Gasteiger partial charge in [0.05, 0.1) is 0 Å². The summed E-state index contributed by atoms with van der Waals surface area (Å²) in [6, 6.07) is 9.06. The van der Waals surface area contributed by atoms with Crippen molar-refractivity contribution in [3.63, 3.8) is 0 Å². The van der Waals surface area contributed by atoms with Gasteiger partial charge in [0.15, 0.2) is 0 Å². The van der Waals surface area contributed by atoms with Crippen molar-refractivity contribution in [1.82, 2.24) is 9.97 Å². The lowest BCUT2D eigenvalue weighted by atomic mass is 10.1. The maximum atomic E-state index is 4.48. The number of anilines is 3. The minimum atomic E-state index is 0.420. The molecule has 5 heteroatoms. The number of rotatable bonds is 5. The molecule has 134 valence electrons. The molecular weight excluding hydrogens is 310 g/mol. The van der Waals surface area contributed by atoms with E-state index in [1.165, 1.54) is 16.8 Å². The Morgan fingerprint density at radius 1 is 1.08 bits per heavy atom. The highest BCUT2D eigenvalue weighted by Gasteiger charge is 2.20. The van der Waals surface area contributed by atoms with Crippen LogP contribution >= 0.6 is 0 Å². The normalized spacial score (nSPS) is 16.0. The molecule has 0 aliphatic carbocycles. The maximum absolute atomic E-state index is 4.48. The monoisotopic (exact) mass is 339 g/mol. The van der Waals surface area contributed by atoms with Gasteiger partial charge in [-0.25, -0.2) is 9.97 Å². The fourth-order valence-corrected chi connectivity index (χ4v) is 3.21. The summed E-state index contributed by atoms with van der Waals surface area (Å²) in [5, 5.41) is 3.43. The minimum absolute atomic E-state index is 0.420. The van der Waals surface area contributed by atoms with E-state index in [2.05, 4.69) is 77.0 Å². The zero-order chi connectivity index (χ0) is 17.8. The van der Waals surface area contributed by atoms with Crippen LogP contribution in [0.25, 0.3) is 0 Å². The third-order valence-corrected chi connectivity index (χ3v) is 5.18. The quantitative estimate of drug-likeness (QED) is 0.901. The Labute approximate surface area is 151 Å². The molecule has 1 aromatic carbocycles. The van der Waals surface area contributed by atoms with Gasteiger partial charge < -0.3 is 15.1 Å². The van der Waals surface area contributed by atoms with Crippen LogP contribution in [-0.2, 0) is 0 Å². The standard InChI is InChI=1S/C20H29N5/c1-5-16(3)23-19-13-20(22-14-21-19)25-11-9-24(10-12-25)18-8-6-7-15(2)17(18)4/h6-8,13-14,16H,5,9-12H2,1-4H3,(H,21,22,23). The predicted molar refractivity (Wildman–Crippen MR) is 106 cm³/mol. The molecule has 1 unspecified atom stereocenters. The Bertz CT molecular complexity index is 707. The topological polar surface area (TPSA) is 44.3 Å². The summed E-state index contributed by atoms with van der Waals surface area (Å²) in [4.78, 5) is 13.7.